The molecule has 1 aromatic heterocycles. The maximum absolute atomic E-state index is 8.54. The topological polar surface area (TPSA) is 70.2 Å². The summed E-state index contributed by atoms with van der Waals surface area (Å²) in [5.41, 5.74) is 0. The molecule has 1 rings (SSSR count). The van der Waals surface area contributed by atoms with Crippen molar-refractivity contribution in [1.29, 1.82) is 0 Å². The molecule has 1 heterocycles. The maximum Gasteiger partial charge on any atom is 0.131 e. The molecule has 0 unspecified atom stereocenters. The van der Waals surface area contributed by atoms with Gasteiger partial charge in [-0.2, -0.15) is 0 Å². The van der Waals surface area contributed by atoms with Crippen LogP contribution in [-0.4, -0.2) is 41.4 Å². The Morgan fingerprint density at radius 2 is 2.29 bits per heavy atom. The molecule has 3 N–H and O–H groups in total. The lowest BCUT2D eigenvalue weighted by atomic mass is 10.2. The van der Waals surface area contributed by atoms with Gasteiger partial charge in [0.2, 0.25) is 0 Å². The smallest absolute Gasteiger partial charge is 0.131 e. The minimum Gasteiger partial charge on any atom is -0.394 e. The molecule has 0 aliphatic rings. The lowest BCUT2D eigenvalue weighted by molar-refractivity contribution is 0.0992. The highest BCUT2D eigenvalue weighted by Crippen LogP contribution is 2.11. The Bertz CT molecular complexity index is 393. The monoisotopic (exact) mass is 257 g/mol. The molecular weight excluding hydrogens is 238 g/mol. The van der Waals surface area contributed by atoms with Gasteiger partial charge in [-0.05, 0) is 0 Å². The molecule has 0 aromatic carbocycles. The summed E-state index contributed by atoms with van der Waals surface area (Å²) < 4.78 is 5.72. The summed E-state index contributed by atoms with van der Waals surface area (Å²) in [4.78, 5) is 7.43. The first-order valence-electron chi connectivity index (χ1n) is 5.67. The second-order valence-corrected chi connectivity index (χ2v) is 4.35. The van der Waals surface area contributed by atoms with E-state index in [1.54, 1.807) is 6.07 Å². The number of rotatable bonds is 7. The third-order valence-corrected chi connectivity index (χ3v) is 2.31. The van der Waals surface area contributed by atoms with Gasteiger partial charge in [-0.15, -0.1) is 0 Å². The van der Waals surface area contributed by atoms with Crippen molar-refractivity contribution < 1.29 is 9.84 Å². The number of hydrogen-bond acceptors (Lipinski definition) is 5. The van der Waals surface area contributed by atoms with Crippen LogP contribution in [0.1, 0.15) is 25.6 Å². The van der Waals surface area contributed by atoms with Crippen molar-refractivity contribution in [2.45, 2.75) is 19.8 Å². The molecular formula is C11H19N3O2S. The van der Waals surface area contributed by atoms with Crippen molar-refractivity contribution >= 4 is 18.0 Å². The second kappa shape index (κ2) is 7.37. The molecule has 0 aliphatic heterocycles. The van der Waals surface area contributed by atoms with Crippen LogP contribution in [-0.2, 0) is 4.74 Å². The molecule has 1 aromatic rings. The van der Waals surface area contributed by atoms with Crippen molar-refractivity contribution in [2.24, 2.45) is 0 Å². The van der Waals surface area contributed by atoms with Crippen LogP contribution in [0, 0.1) is 4.64 Å². The van der Waals surface area contributed by atoms with Gasteiger partial charge in [-0.25, -0.2) is 4.98 Å². The van der Waals surface area contributed by atoms with Gasteiger partial charge < -0.3 is 20.1 Å². The van der Waals surface area contributed by atoms with E-state index < -0.39 is 0 Å². The molecule has 0 saturated heterocycles. The van der Waals surface area contributed by atoms with E-state index in [-0.39, 0.29) is 6.61 Å². The number of anilines is 1. The molecule has 0 saturated carbocycles. The van der Waals surface area contributed by atoms with Gasteiger partial charge in [-0.1, -0.05) is 26.1 Å². The Hall–Kier alpha value is -0.980. The summed E-state index contributed by atoms with van der Waals surface area (Å²) in [5, 5.41) is 11.7. The number of aliphatic hydroxyl groups is 1. The van der Waals surface area contributed by atoms with E-state index >= 15 is 0 Å². The Morgan fingerprint density at radius 1 is 1.53 bits per heavy atom. The fourth-order valence-corrected chi connectivity index (χ4v) is 1.49. The summed E-state index contributed by atoms with van der Waals surface area (Å²) in [7, 11) is 0. The van der Waals surface area contributed by atoms with Gasteiger partial charge in [-0.3, -0.25) is 0 Å². The zero-order chi connectivity index (χ0) is 12.7. The fourth-order valence-electron chi connectivity index (χ4n) is 1.27. The maximum atomic E-state index is 8.54. The van der Waals surface area contributed by atoms with Gasteiger partial charge in [0.1, 0.15) is 16.3 Å². The van der Waals surface area contributed by atoms with Crippen LogP contribution in [0.5, 0.6) is 0 Å². The average molecular weight is 257 g/mol. The number of aromatic amines is 1. The number of hydrogen-bond donors (Lipinski definition) is 3. The number of aromatic nitrogens is 2. The predicted molar refractivity (Wildman–Crippen MR) is 69.9 cm³/mol. The van der Waals surface area contributed by atoms with Crippen molar-refractivity contribution in [3.05, 3.63) is 16.5 Å². The van der Waals surface area contributed by atoms with E-state index in [4.69, 9.17) is 22.1 Å². The van der Waals surface area contributed by atoms with Gasteiger partial charge in [0.05, 0.1) is 19.8 Å². The lowest BCUT2D eigenvalue weighted by Crippen LogP contribution is -2.13. The highest BCUT2D eigenvalue weighted by molar-refractivity contribution is 7.71. The van der Waals surface area contributed by atoms with Gasteiger partial charge >= 0.3 is 0 Å². The van der Waals surface area contributed by atoms with Crippen LogP contribution in [0.2, 0.25) is 0 Å². The summed E-state index contributed by atoms with van der Waals surface area (Å²) in [5.74, 6) is 2.03. The van der Waals surface area contributed by atoms with E-state index in [1.807, 2.05) is 0 Å². The van der Waals surface area contributed by atoms with E-state index in [0.717, 1.165) is 11.6 Å². The number of aliphatic hydroxyl groups excluding tert-OH is 1. The molecule has 0 spiro atoms. The predicted octanol–water partition coefficient (Wildman–Crippen LogP) is 1.68. The highest BCUT2D eigenvalue weighted by Gasteiger charge is 2.02. The highest BCUT2D eigenvalue weighted by atomic mass is 32.1. The molecule has 0 bridgehead atoms. The zero-order valence-electron chi connectivity index (χ0n) is 10.2. The number of nitrogens with zero attached hydrogens (tertiary/aromatic N) is 1. The van der Waals surface area contributed by atoms with E-state index in [1.165, 1.54) is 0 Å². The summed E-state index contributed by atoms with van der Waals surface area (Å²) >= 11 is 5.09. The summed E-state index contributed by atoms with van der Waals surface area (Å²) in [6, 6.07) is 1.78. The van der Waals surface area contributed by atoms with E-state index in [2.05, 4.69) is 29.1 Å². The van der Waals surface area contributed by atoms with Crippen LogP contribution in [0.25, 0.3) is 0 Å². The third kappa shape index (κ3) is 5.25. The van der Waals surface area contributed by atoms with Crippen LogP contribution < -0.4 is 5.32 Å². The largest absolute Gasteiger partial charge is 0.394 e. The first-order valence-corrected chi connectivity index (χ1v) is 6.08. The molecule has 6 heteroatoms. The van der Waals surface area contributed by atoms with Crippen molar-refractivity contribution in [1.82, 2.24) is 9.97 Å². The van der Waals surface area contributed by atoms with Crippen LogP contribution in [0.4, 0.5) is 5.82 Å². The lowest BCUT2D eigenvalue weighted by Gasteiger charge is -2.10. The van der Waals surface area contributed by atoms with Gasteiger partial charge in [0.15, 0.2) is 0 Å². The zero-order valence-corrected chi connectivity index (χ0v) is 11.0. The second-order valence-electron chi connectivity index (χ2n) is 3.94. The van der Waals surface area contributed by atoms with Crippen LogP contribution in [0.3, 0.4) is 0 Å². The normalized spacial score (nSPS) is 10.8. The third-order valence-electron chi connectivity index (χ3n) is 2.11. The minimum absolute atomic E-state index is 0.0508. The number of ether oxygens (including phenoxy) is 1. The van der Waals surface area contributed by atoms with E-state index in [9.17, 15) is 0 Å². The van der Waals surface area contributed by atoms with Crippen molar-refractivity contribution in [2.75, 3.05) is 31.7 Å². The van der Waals surface area contributed by atoms with Crippen molar-refractivity contribution in [3.63, 3.8) is 0 Å². The number of H-pyrrole nitrogens is 1. The Labute approximate surface area is 106 Å². The first-order chi connectivity index (χ1) is 8.13. The van der Waals surface area contributed by atoms with Gasteiger partial charge in [0, 0.05) is 18.5 Å². The Balaban J connectivity index is 2.50. The Morgan fingerprint density at radius 3 is 2.94 bits per heavy atom. The van der Waals surface area contributed by atoms with Crippen LogP contribution in [0.15, 0.2) is 6.07 Å². The molecule has 5 nitrogen and oxygen atoms in total. The number of nitrogens with one attached hydrogen (secondary N) is 2. The standard InChI is InChI=1S/C11H19N3O2S/c1-8(2)11-13-9(7-10(17)14-11)12-3-5-16-6-4-15/h7-8,15H,3-6H2,1-2H3,(H2,12,13,14,17). The van der Waals surface area contributed by atoms with Crippen molar-refractivity contribution in [3.8, 4) is 0 Å². The molecule has 0 amide bonds. The van der Waals surface area contributed by atoms with E-state index in [0.29, 0.717) is 30.3 Å². The Kier molecular flexibility index (Phi) is 6.10. The molecule has 0 fully saturated rings. The molecule has 0 radical (unpaired) electrons. The molecule has 0 atom stereocenters. The molecule has 17 heavy (non-hydrogen) atoms. The van der Waals surface area contributed by atoms with Crippen LogP contribution >= 0.6 is 12.2 Å². The average Bonchev–Trinajstić information content (AvgIpc) is 2.28. The summed E-state index contributed by atoms with van der Waals surface area (Å²) in [6.45, 7) is 5.73. The SMILES string of the molecule is CC(C)c1nc(=S)cc(NCCOCCO)[nH]1. The molecule has 96 valence electrons. The quantitative estimate of drug-likeness (QED) is 0.512. The minimum atomic E-state index is 0.0508. The van der Waals surface area contributed by atoms with Gasteiger partial charge in [0.25, 0.3) is 0 Å². The summed E-state index contributed by atoms with van der Waals surface area (Å²) in [6.07, 6.45) is 0. The first kappa shape index (κ1) is 14.1. The molecule has 0 aliphatic carbocycles. The fraction of sp³-hybridized carbons (Fsp3) is 0.636.